The normalized spacial score (nSPS) is 12.8. The van der Waals surface area contributed by atoms with E-state index in [1.54, 1.807) is 11.8 Å². The standard InChI is InChI=1S/C15H24OS/c1-14(2,3)12-6-8-13(9-7-12)17-11-10-15(4,5)16/h6-9,16H,10-11H2,1-5H3. The Bertz CT molecular complexity index is 341. The zero-order chi connectivity index (χ0) is 13.1. The molecule has 1 aromatic carbocycles. The molecule has 0 radical (unpaired) electrons. The van der Waals surface area contributed by atoms with Crippen LogP contribution in [0.25, 0.3) is 0 Å². The Labute approximate surface area is 110 Å². The molecule has 1 N–H and O–H groups in total. The lowest BCUT2D eigenvalue weighted by molar-refractivity contribution is 0.0778. The lowest BCUT2D eigenvalue weighted by atomic mass is 9.87. The van der Waals surface area contributed by atoms with Crippen LogP contribution in [0.15, 0.2) is 29.2 Å². The van der Waals surface area contributed by atoms with Gasteiger partial charge in [0.05, 0.1) is 5.60 Å². The Morgan fingerprint density at radius 1 is 1.00 bits per heavy atom. The third-order valence-corrected chi connectivity index (χ3v) is 3.72. The molecular formula is C15H24OS. The van der Waals surface area contributed by atoms with E-state index in [2.05, 4.69) is 45.0 Å². The van der Waals surface area contributed by atoms with Gasteiger partial charge in [0.25, 0.3) is 0 Å². The highest BCUT2D eigenvalue weighted by molar-refractivity contribution is 7.99. The minimum absolute atomic E-state index is 0.219. The number of rotatable bonds is 4. The van der Waals surface area contributed by atoms with Crippen molar-refractivity contribution < 1.29 is 5.11 Å². The summed E-state index contributed by atoms with van der Waals surface area (Å²) in [6, 6.07) is 8.75. The Morgan fingerprint density at radius 3 is 1.94 bits per heavy atom. The second kappa shape index (κ2) is 5.45. The summed E-state index contributed by atoms with van der Waals surface area (Å²) in [4.78, 5) is 1.28. The maximum atomic E-state index is 9.63. The summed E-state index contributed by atoms with van der Waals surface area (Å²) >= 11 is 1.81. The van der Waals surface area contributed by atoms with Crippen LogP contribution >= 0.6 is 11.8 Å². The number of hydrogen-bond donors (Lipinski definition) is 1. The minimum Gasteiger partial charge on any atom is -0.390 e. The molecule has 0 saturated carbocycles. The first-order valence-electron chi connectivity index (χ1n) is 6.14. The second-order valence-corrected chi connectivity index (χ2v) is 7.35. The topological polar surface area (TPSA) is 20.2 Å². The van der Waals surface area contributed by atoms with Gasteiger partial charge in [0.1, 0.15) is 0 Å². The molecule has 0 bridgehead atoms. The van der Waals surface area contributed by atoms with Crippen LogP contribution in [-0.4, -0.2) is 16.5 Å². The first-order valence-corrected chi connectivity index (χ1v) is 7.13. The predicted molar refractivity (Wildman–Crippen MR) is 76.8 cm³/mol. The molecular weight excluding hydrogens is 228 g/mol. The molecule has 1 rings (SSSR count). The van der Waals surface area contributed by atoms with Crippen molar-refractivity contribution in [2.75, 3.05) is 5.75 Å². The summed E-state index contributed by atoms with van der Waals surface area (Å²) in [7, 11) is 0. The van der Waals surface area contributed by atoms with Crippen molar-refractivity contribution in [1.29, 1.82) is 0 Å². The minimum atomic E-state index is -0.557. The first-order chi connectivity index (χ1) is 7.68. The molecule has 1 nitrogen and oxygen atoms in total. The Hall–Kier alpha value is -0.470. The summed E-state index contributed by atoms with van der Waals surface area (Å²) in [6.07, 6.45) is 0.818. The largest absolute Gasteiger partial charge is 0.390 e. The van der Waals surface area contributed by atoms with Gasteiger partial charge in [0.2, 0.25) is 0 Å². The smallest absolute Gasteiger partial charge is 0.0599 e. The predicted octanol–water partition coefficient (Wildman–Crippen LogP) is 4.24. The van der Waals surface area contributed by atoms with Gasteiger partial charge in [-0.05, 0) is 43.4 Å². The van der Waals surface area contributed by atoms with E-state index in [1.807, 2.05) is 13.8 Å². The zero-order valence-corrected chi connectivity index (χ0v) is 12.4. The highest BCUT2D eigenvalue weighted by atomic mass is 32.2. The SMILES string of the molecule is CC(C)(O)CCSc1ccc(C(C)(C)C)cc1. The van der Waals surface area contributed by atoms with Gasteiger partial charge in [0, 0.05) is 10.6 Å². The maximum absolute atomic E-state index is 9.63. The van der Waals surface area contributed by atoms with Gasteiger partial charge >= 0.3 is 0 Å². The van der Waals surface area contributed by atoms with Crippen LogP contribution in [-0.2, 0) is 5.41 Å². The summed E-state index contributed by atoms with van der Waals surface area (Å²) in [5, 5.41) is 9.63. The van der Waals surface area contributed by atoms with Gasteiger partial charge in [-0.25, -0.2) is 0 Å². The molecule has 2 heteroatoms. The lowest BCUT2D eigenvalue weighted by Gasteiger charge is -2.19. The average Bonchev–Trinajstić information content (AvgIpc) is 2.15. The summed E-state index contributed by atoms with van der Waals surface area (Å²) in [5.41, 5.74) is 1.03. The zero-order valence-electron chi connectivity index (χ0n) is 11.6. The van der Waals surface area contributed by atoms with Gasteiger partial charge in [-0.15, -0.1) is 11.8 Å². The van der Waals surface area contributed by atoms with Crippen LogP contribution < -0.4 is 0 Å². The fourth-order valence-corrected chi connectivity index (χ4v) is 2.64. The van der Waals surface area contributed by atoms with Crippen molar-refractivity contribution in [3.8, 4) is 0 Å². The van der Waals surface area contributed by atoms with Gasteiger partial charge in [0.15, 0.2) is 0 Å². The first kappa shape index (κ1) is 14.6. The summed E-state index contributed by atoms with van der Waals surface area (Å²) < 4.78 is 0. The Kier molecular flexibility index (Phi) is 4.68. The van der Waals surface area contributed by atoms with Crippen molar-refractivity contribution in [3.63, 3.8) is 0 Å². The molecule has 0 unspecified atom stereocenters. The molecule has 0 amide bonds. The van der Waals surface area contributed by atoms with E-state index >= 15 is 0 Å². The molecule has 0 aliphatic heterocycles. The Balaban J connectivity index is 2.52. The van der Waals surface area contributed by atoms with E-state index in [0.717, 1.165) is 12.2 Å². The molecule has 0 aliphatic carbocycles. The fraction of sp³-hybridized carbons (Fsp3) is 0.600. The monoisotopic (exact) mass is 252 g/mol. The number of hydrogen-bond acceptors (Lipinski definition) is 2. The van der Waals surface area contributed by atoms with Crippen LogP contribution in [0.2, 0.25) is 0 Å². The van der Waals surface area contributed by atoms with E-state index in [0.29, 0.717) is 0 Å². The van der Waals surface area contributed by atoms with Gasteiger partial charge < -0.3 is 5.11 Å². The molecule has 1 aromatic rings. The van der Waals surface area contributed by atoms with E-state index in [9.17, 15) is 5.11 Å². The summed E-state index contributed by atoms with van der Waals surface area (Å²) in [5.74, 6) is 0.957. The molecule has 0 saturated heterocycles. The van der Waals surface area contributed by atoms with Crippen LogP contribution in [0.3, 0.4) is 0 Å². The second-order valence-electron chi connectivity index (χ2n) is 6.19. The molecule has 0 spiro atoms. The Morgan fingerprint density at radius 2 is 1.53 bits per heavy atom. The van der Waals surface area contributed by atoms with E-state index in [4.69, 9.17) is 0 Å². The van der Waals surface area contributed by atoms with E-state index < -0.39 is 5.60 Å². The molecule has 17 heavy (non-hydrogen) atoms. The summed E-state index contributed by atoms with van der Waals surface area (Å²) in [6.45, 7) is 10.4. The van der Waals surface area contributed by atoms with Gasteiger partial charge in [-0.3, -0.25) is 0 Å². The molecule has 0 aliphatic rings. The van der Waals surface area contributed by atoms with Crippen LogP contribution in [0.4, 0.5) is 0 Å². The lowest BCUT2D eigenvalue weighted by Crippen LogP contribution is -2.19. The molecule has 96 valence electrons. The fourth-order valence-electron chi connectivity index (χ4n) is 1.47. The van der Waals surface area contributed by atoms with E-state index in [-0.39, 0.29) is 5.41 Å². The molecule has 0 fully saturated rings. The molecule has 0 aromatic heterocycles. The van der Waals surface area contributed by atoms with Crippen molar-refractivity contribution in [2.24, 2.45) is 0 Å². The number of aliphatic hydroxyl groups is 1. The van der Waals surface area contributed by atoms with Crippen molar-refractivity contribution in [3.05, 3.63) is 29.8 Å². The van der Waals surface area contributed by atoms with Crippen LogP contribution in [0.1, 0.15) is 46.6 Å². The third-order valence-electron chi connectivity index (χ3n) is 2.70. The number of benzene rings is 1. The van der Waals surface area contributed by atoms with Crippen molar-refractivity contribution in [1.82, 2.24) is 0 Å². The third kappa shape index (κ3) is 5.60. The van der Waals surface area contributed by atoms with Gasteiger partial charge in [-0.2, -0.15) is 0 Å². The van der Waals surface area contributed by atoms with Crippen molar-refractivity contribution >= 4 is 11.8 Å². The molecule has 0 atom stereocenters. The van der Waals surface area contributed by atoms with Crippen LogP contribution in [0, 0.1) is 0 Å². The highest BCUT2D eigenvalue weighted by Crippen LogP contribution is 2.26. The maximum Gasteiger partial charge on any atom is 0.0599 e. The quantitative estimate of drug-likeness (QED) is 0.809. The highest BCUT2D eigenvalue weighted by Gasteiger charge is 2.14. The van der Waals surface area contributed by atoms with Crippen molar-refractivity contribution in [2.45, 2.75) is 57.0 Å². The number of thioether (sulfide) groups is 1. The van der Waals surface area contributed by atoms with E-state index in [1.165, 1.54) is 10.5 Å². The van der Waals surface area contributed by atoms with Gasteiger partial charge in [-0.1, -0.05) is 32.9 Å². The van der Waals surface area contributed by atoms with Crippen LogP contribution in [0.5, 0.6) is 0 Å². The molecule has 0 heterocycles. The average molecular weight is 252 g/mol.